The maximum atomic E-state index is 14.3. The molecule has 0 bridgehead atoms. The summed E-state index contributed by atoms with van der Waals surface area (Å²) in [5, 5.41) is 0.530. The molecule has 2 aliphatic rings. The molecule has 2 aromatic heterocycles. The van der Waals surface area contributed by atoms with Crippen LogP contribution in [0, 0.1) is 11.7 Å². The predicted octanol–water partition coefficient (Wildman–Crippen LogP) is 3.03. The van der Waals surface area contributed by atoms with Crippen LogP contribution in [0.25, 0.3) is 0 Å². The van der Waals surface area contributed by atoms with Gasteiger partial charge in [0.15, 0.2) is 11.0 Å². The number of anilines is 1. The van der Waals surface area contributed by atoms with Gasteiger partial charge in [-0.1, -0.05) is 17.8 Å². The van der Waals surface area contributed by atoms with Crippen molar-refractivity contribution in [3.63, 3.8) is 0 Å². The molecular formula is C18H21ClF2N6S. The van der Waals surface area contributed by atoms with Gasteiger partial charge < -0.3 is 10.6 Å². The molecule has 4 heterocycles. The lowest BCUT2D eigenvalue weighted by Crippen LogP contribution is -2.40. The van der Waals surface area contributed by atoms with Gasteiger partial charge in [0, 0.05) is 36.2 Å². The smallest absolute Gasteiger partial charge is 0.225 e. The molecule has 0 amide bonds. The Kier molecular flexibility index (Phi) is 5.51. The van der Waals surface area contributed by atoms with Crippen LogP contribution in [0.1, 0.15) is 25.1 Å². The Morgan fingerprint density at radius 1 is 1.36 bits per heavy atom. The van der Waals surface area contributed by atoms with Crippen LogP contribution >= 0.6 is 24.2 Å². The number of hydrogen-bond donors (Lipinski definition) is 1. The van der Waals surface area contributed by atoms with Gasteiger partial charge in [-0.15, -0.1) is 12.4 Å². The highest BCUT2D eigenvalue weighted by Gasteiger charge is 2.51. The van der Waals surface area contributed by atoms with Gasteiger partial charge in [0.25, 0.3) is 0 Å². The molecule has 1 fully saturated rings. The summed E-state index contributed by atoms with van der Waals surface area (Å²) < 4.78 is 28.3. The van der Waals surface area contributed by atoms with Gasteiger partial charge in [-0.3, -0.25) is 4.98 Å². The summed E-state index contributed by atoms with van der Waals surface area (Å²) in [7, 11) is 0. The Morgan fingerprint density at radius 2 is 2.14 bits per heavy atom. The highest BCUT2D eigenvalue weighted by Crippen LogP contribution is 2.45. The van der Waals surface area contributed by atoms with Crippen molar-refractivity contribution in [3.05, 3.63) is 47.8 Å². The zero-order chi connectivity index (χ0) is 19.2. The fourth-order valence-corrected chi connectivity index (χ4v) is 4.70. The lowest BCUT2D eigenvalue weighted by molar-refractivity contribution is 0.205. The first-order chi connectivity index (χ1) is 12.8. The number of alkyl halides is 1. The average molecular weight is 427 g/mol. The molecule has 4 rings (SSSR count). The summed E-state index contributed by atoms with van der Waals surface area (Å²) in [5.41, 5.74) is 4.31. The van der Waals surface area contributed by atoms with Crippen molar-refractivity contribution in [2.75, 3.05) is 23.7 Å². The number of hydrogen-bond acceptors (Lipinski definition) is 7. The zero-order valence-corrected chi connectivity index (χ0v) is 17.1. The van der Waals surface area contributed by atoms with Crippen molar-refractivity contribution in [3.8, 4) is 0 Å². The van der Waals surface area contributed by atoms with Crippen LogP contribution in [-0.4, -0.2) is 39.0 Å². The second kappa shape index (κ2) is 7.44. The van der Waals surface area contributed by atoms with Crippen molar-refractivity contribution in [2.24, 2.45) is 16.6 Å². The number of aliphatic imine (C=N–C) groups is 1. The van der Waals surface area contributed by atoms with Crippen molar-refractivity contribution < 1.29 is 8.78 Å². The Balaban J connectivity index is 0.00000225. The minimum atomic E-state index is -1.90. The molecule has 0 unspecified atom stereocenters. The van der Waals surface area contributed by atoms with Crippen LogP contribution in [0.5, 0.6) is 0 Å². The minimum absolute atomic E-state index is 0. The van der Waals surface area contributed by atoms with Crippen LogP contribution in [0.15, 0.2) is 35.7 Å². The molecule has 6 nitrogen and oxygen atoms in total. The Labute approximate surface area is 172 Å². The third-order valence-electron chi connectivity index (χ3n) is 5.03. The second-order valence-corrected chi connectivity index (χ2v) is 8.38. The van der Waals surface area contributed by atoms with Gasteiger partial charge in [-0.05, 0) is 19.9 Å². The fraction of sp³-hybridized carbons (Fsp3) is 0.444. The highest BCUT2D eigenvalue weighted by atomic mass is 35.5. The summed E-state index contributed by atoms with van der Waals surface area (Å²) in [6.45, 7) is 3.66. The van der Waals surface area contributed by atoms with E-state index in [-0.39, 0.29) is 24.0 Å². The molecule has 0 radical (unpaired) electrons. The van der Waals surface area contributed by atoms with E-state index in [0.29, 0.717) is 24.2 Å². The molecule has 1 saturated heterocycles. The van der Waals surface area contributed by atoms with Crippen molar-refractivity contribution >= 4 is 35.3 Å². The van der Waals surface area contributed by atoms with Gasteiger partial charge in [0.05, 0.1) is 12.7 Å². The number of amidine groups is 1. The number of aromatic nitrogens is 3. The molecule has 10 heteroatoms. The topological polar surface area (TPSA) is 80.3 Å². The van der Waals surface area contributed by atoms with E-state index in [4.69, 9.17) is 10.7 Å². The summed E-state index contributed by atoms with van der Waals surface area (Å²) in [6, 6.07) is 3.85. The number of nitrogens with zero attached hydrogens (tertiary/aromatic N) is 5. The Morgan fingerprint density at radius 3 is 2.82 bits per heavy atom. The quantitative estimate of drug-likeness (QED) is 0.812. The Hall–Kier alpha value is -2.00. The molecule has 0 saturated carbocycles. The van der Waals surface area contributed by atoms with Gasteiger partial charge in [0.2, 0.25) is 5.95 Å². The molecule has 0 spiro atoms. The van der Waals surface area contributed by atoms with E-state index in [1.54, 1.807) is 12.4 Å². The van der Waals surface area contributed by atoms with E-state index in [1.807, 2.05) is 17.0 Å². The van der Waals surface area contributed by atoms with Crippen LogP contribution in [0.2, 0.25) is 0 Å². The number of halogens is 3. The second-order valence-electron chi connectivity index (χ2n) is 7.34. The maximum absolute atomic E-state index is 14.3. The number of nitrogens with two attached hydrogens (primary N) is 1. The number of thioether (sulfide) groups is 1. The van der Waals surface area contributed by atoms with E-state index >= 15 is 0 Å². The first kappa shape index (κ1) is 20.7. The third kappa shape index (κ3) is 3.53. The largest absolute Gasteiger partial charge is 0.379 e. The molecular weight excluding hydrogens is 406 g/mol. The van der Waals surface area contributed by atoms with E-state index in [9.17, 15) is 8.78 Å². The Bertz CT molecular complexity index is 891. The summed E-state index contributed by atoms with van der Waals surface area (Å²) in [4.78, 5) is 19.2. The number of fused-ring (bicyclic) bond motifs is 1. The molecule has 2 aromatic rings. The molecule has 28 heavy (non-hydrogen) atoms. The molecule has 0 aliphatic carbocycles. The molecule has 2 aliphatic heterocycles. The van der Waals surface area contributed by atoms with E-state index in [0.717, 1.165) is 17.5 Å². The van der Waals surface area contributed by atoms with Gasteiger partial charge in [-0.25, -0.2) is 23.7 Å². The van der Waals surface area contributed by atoms with Crippen molar-refractivity contribution in [1.29, 1.82) is 0 Å². The fourth-order valence-electron chi connectivity index (χ4n) is 3.72. The SMILES string of the molecule is CC(C)(F)c1nc(N2C[C@H]3CSC(N)=N[C@@]3(c3cccnc3)C2)ncc1F.Cl. The standard InChI is InChI=1S/C18H20F2N6S.ClH/c1-17(2,20)14-13(19)7-23-16(24-14)26-8-12-9-27-15(21)25-18(12,10-26)11-4-3-5-22-6-11;/h3-7,12H,8-10H2,1-2H3,(H2,21,25);1H/t12-,18+;/m0./s1. The summed E-state index contributed by atoms with van der Waals surface area (Å²) in [6.07, 6.45) is 4.54. The number of pyridine rings is 1. The summed E-state index contributed by atoms with van der Waals surface area (Å²) in [5.74, 6) is 0.509. The van der Waals surface area contributed by atoms with E-state index in [2.05, 4.69) is 15.0 Å². The van der Waals surface area contributed by atoms with Crippen molar-refractivity contribution in [1.82, 2.24) is 15.0 Å². The van der Waals surface area contributed by atoms with Gasteiger partial charge in [0.1, 0.15) is 16.9 Å². The normalized spacial score (nSPS) is 24.4. The van der Waals surface area contributed by atoms with E-state index in [1.165, 1.54) is 25.6 Å². The first-order valence-corrected chi connectivity index (χ1v) is 9.64. The van der Waals surface area contributed by atoms with E-state index < -0.39 is 17.0 Å². The van der Waals surface area contributed by atoms with Crippen LogP contribution in [0.4, 0.5) is 14.7 Å². The molecule has 0 aromatic carbocycles. The average Bonchev–Trinajstić information content (AvgIpc) is 3.02. The van der Waals surface area contributed by atoms with Crippen molar-refractivity contribution in [2.45, 2.75) is 25.1 Å². The molecule has 150 valence electrons. The number of rotatable bonds is 3. The predicted molar refractivity (Wildman–Crippen MR) is 109 cm³/mol. The first-order valence-electron chi connectivity index (χ1n) is 8.65. The van der Waals surface area contributed by atoms with Gasteiger partial charge in [-0.2, -0.15) is 0 Å². The highest BCUT2D eigenvalue weighted by molar-refractivity contribution is 8.13. The van der Waals surface area contributed by atoms with Gasteiger partial charge >= 0.3 is 0 Å². The maximum Gasteiger partial charge on any atom is 0.225 e. The third-order valence-corrected chi connectivity index (χ3v) is 5.99. The summed E-state index contributed by atoms with van der Waals surface area (Å²) >= 11 is 1.51. The molecule has 2 atom stereocenters. The minimum Gasteiger partial charge on any atom is -0.379 e. The molecule has 2 N–H and O–H groups in total. The monoisotopic (exact) mass is 426 g/mol. The van der Waals surface area contributed by atoms with Crippen LogP contribution in [0.3, 0.4) is 0 Å². The lowest BCUT2D eigenvalue weighted by atomic mass is 9.83. The van der Waals surface area contributed by atoms with Crippen LogP contribution in [-0.2, 0) is 11.2 Å². The lowest BCUT2D eigenvalue weighted by Gasteiger charge is -2.34. The van der Waals surface area contributed by atoms with Crippen LogP contribution < -0.4 is 10.6 Å². The zero-order valence-electron chi connectivity index (χ0n) is 15.5.